The fourth-order valence-electron chi connectivity index (χ4n) is 2.82. The first-order valence-corrected chi connectivity index (χ1v) is 11.2. The van der Waals surface area contributed by atoms with Crippen molar-refractivity contribution in [2.24, 2.45) is 0 Å². The highest BCUT2D eigenvalue weighted by molar-refractivity contribution is 7.89. The van der Waals surface area contributed by atoms with E-state index in [9.17, 15) is 13.2 Å². The van der Waals surface area contributed by atoms with Crippen molar-refractivity contribution in [1.29, 1.82) is 0 Å². The predicted octanol–water partition coefficient (Wildman–Crippen LogP) is 2.81. The predicted molar refractivity (Wildman–Crippen MR) is 110 cm³/mol. The van der Waals surface area contributed by atoms with Gasteiger partial charge in [-0.3, -0.25) is 4.79 Å². The Kier molecular flexibility index (Phi) is 7.55. The summed E-state index contributed by atoms with van der Waals surface area (Å²) in [7, 11) is 0.342. The number of sulfonamides is 1. The first-order valence-electron chi connectivity index (χ1n) is 8.89. The quantitative estimate of drug-likeness (QED) is 0.691. The lowest BCUT2D eigenvalue weighted by atomic mass is 10.2. The molecule has 27 heavy (non-hydrogen) atoms. The normalized spacial score (nSPS) is 13.1. The largest absolute Gasteiger partial charge is 0.350 e. The second-order valence-corrected chi connectivity index (χ2v) is 9.24. The first kappa shape index (κ1) is 21.6. The maximum atomic E-state index is 12.7. The third-order valence-corrected chi connectivity index (χ3v) is 7.41. The Morgan fingerprint density at radius 1 is 1.15 bits per heavy atom. The molecule has 0 aliphatic carbocycles. The molecule has 8 heteroatoms. The van der Waals surface area contributed by atoms with Gasteiger partial charge in [0.15, 0.2) is 0 Å². The summed E-state index contributed by atoms with van der Waals surface area (Å²) in [6.07, 6.45) is 0. The molecular weight excluding hydrogens is 382 g/mol. The van der Waals surface area contributed by atoms with Crippen LogP contribution >= 0.6 is 11.3 Å². The van der Waals surface area contributed by atoms with E-state index in [-0.39, 0.29) is 16.8 Å². The summed E-state index contributed by atoms with van der Waals surface area (Å²) in [5, 5.41) is 4.93. The monoisotopic (exact) mass is 409 g/mol. The number of carbonyl (C=O) groups is 1. The van der Waals surface area contributed by atoms with Gasteiger partial charge in [-0.25, -0.2) is 8.42 Å². The van der Waals surface area contributed by atoms with E-state index >= 15 is 0 Å². The molecule has 1 aromatic heterocycles. The van der Waals surface area contributed by atoms with Crippen molar-refractivity contribution in [2.45, 2.75) is 24.8 Å². The molecule has 6 nitrogen and oxygen atoms in total. The van der Waals surface area contributed by atoms with Gasteiger partial charge in [-0.05, 0) is 43.7 Å². The van der Waals surface area contributed by atoms with Gasteiger partial charge in [0, 0.05) is 30.1 Å². The van der Waals surface area contributed by atoms with E-state index in [1.54, 1.807) is 37.3 Å². The van der Waals surface area contributed by atoms with Crippen molar-refractivity contribution in [3.05, 3.63) is 52.2 Å². The molecule has 0 fully saturated rings. The number of carbonyl (C=O) groups excluding carboxylic acids is 1. The topological polar surface area (TPSA) is 69.7 Å². The molecule has 0 saturated carbocycles. The summed E-state index contributed by atoms with van der Waals surface area (Å²) < 4.78 is 26.7. The molecule has 0 bridgehead atoms. The molecule has 1 aromatic carbocycles. The van der Waals surface area contributed by atoms with Crippen molar-refractivity contribution < 1.29 is 13.2 Å². The molecule has 0 unspecified atom stereocenters. The van der Waals surface area contributed by atoms with Crippen LogP contribution in [0.3, 0.4) is 0 Å². The van der Waals surface area contributed by atoms with Crippen LogP contribution < -0.4 is 5.32 Å². The van der Waals surface area contributed by atoms with Crippen LogP contribution in [0.5, 0.6) is 0 Å². The minimum absolute atomic E-state index is 0.0662. The third kappa shape index (κ3) is 5.16. The molecule has 148 valence electrons. The minimum Gasteiger partial charge on any atom is -0.350 e. The average molecular weight is 410 g/mol. The van der Waals surface area contributed by atoms with Gasteiger partial charge in [0.25, 0.3) is 5.91 Å². The minimum atomic E-state index is -3.59. The molecule has 1 heterocycles. The summed E-state index contributed by atoms with van der Waals surface area (Å²) in [4.78, 5) is 15.9. The summed E-state index contributed by atoms with van der Waals surface area (Å²) in [5.41, 5.74) is 0.340. The third-order valence-electron chi connectivity index (χ3n) is 4.39. The van der Waals surface area contributed by atoms with Gasteiger partial charge in [0.05, 0.1) is 10.9 Å². The van der Waals surface area contributed by atoms with Crippen molar-refractivity contribution in [3.63, 3.8) is 0 Å². The van der Waals surface area contributed by atoms with Crippen LogP contribution in [0.25, 0.3) is 0 Å². The van der Waals surface area contributed by atoms with Crippen LogP contribution in [-0.2, 0) is 10.0 Å². The van der Waals surface area contributed by atoms with Gasteiger partial charge in [-0.15, -0.1) is 11.3 Å². The highest BCUT2D eigenvalue weighted by atomic mass is 32.2. The number of likely N-dealkylation sites (N-methyl/N-ethyl adjacent to an activating group) is 1. The number of nitrogens with zero attached hydrogens (tertiary/aromatic N) is 2. The number of nitrogens with one attached hydrogen (secondary N) is 1. The Labute approximate surface area is 165 Å². The molecule has 0 radical (unpaired) electrons. The van der Waals surface area contributed by atoms with Crippen LogP contribution in [0.1, 0.15) is 35.1 Å². The van der Waals surface area contributed by atoms with Crippen LogP contribution in [0.4, 0.5) is 0 Å². The Balaban J connectivity index is 2.15. The maximum Gasteiger partial charge on any atom is 0.251 e. The zero-order valence-corrected chi connectivity index (χ0v) is 17.8. The van der Waals surface area contributed by atoms with Gasteiger partial charge >= 0.3 is 0 Å². The van der Waals surface area contributed by atoms with Crippen LogP contribution in [0.15, 0.2) is 46.7 Å². The lowest BCUT2D eigenvalue weighted by molar-refractivity contribution is 0.0942. The summed E-state index contributed by atoms with van der Waals surface area (Å²) >= 11 is 1.64. The van der Waals surface area contributed by atoms with E-state index in [1.165, 1.54) is 16.4 Å². The van der Waals surface area contributed by atoms with Gasteiger partial charge in [0.1, 0.15) is 0 Å². The van der Waals surface area contributed by atoms with E-state index in [0.717, 1.165) is 4.88 Å². The molecular formula is C19H27N3O3S2. The van der Waals surface area contributed by atoms with Crippen LogP contribution in [0.2, 0.25) is 0 Å². The zero-order valence-electron chi connectivity index (χ0n) is 16.2. The number of thiophene rings is 1. The van der Waals surface area contributed by atoms with Gasteiger partial charge < -0.3 is 10.2 Å². The van der Waals surface area contributed by atoms with Crippen LogP contribution in [-0.4, -0.2) is 57.3 Å². The summed E-state index contributed by atoms with van der Waals surface area (Å²) in [6, 6.07) is 10.3. The average Bonchev–Trinajstić information content (AvgIpc) is 3.16. The number of hydrogen-bond donors (Lipinski definition) is 1. The molecule has 2 rings (SSSR count). The van der Waals surface area contributed by atoms with E-state index in [1.807, 2.05) is 36.5 Å². The highest BCUT2D eigenvalue weighted by Gasteiger charge is 2.23. The molecule has 1 atom stereocenters. The van der Waals surface area contributed by atoms with Crippen molar-refractivity contribution >= 4 is 27.3 Å². The van der Waals surface area contributed by atoms with Crippen LogP contribution in [0, 0.1) is 0 Å². The second kappa shape index (κ2) is 9.45. The molecule has 0 aliphatic rings. The number of amides is 1. The number of rotatable bonds is 9. The summed E-state index contributed by atoms with van der Waals surface area (Å²) in [6.45, 7) is 4.81. The zero-order chi connectivity index (χ0) is 20.0. The van der Waals surface area contributed by atoms with Crippen molar-refractivity contribution in [2.75, 3.05) is 33.7 Å². The van der Waals surface area contributed by atoms with Gasteiger partial charge in [-0.2, -0.15) is 4.31 Å². The molecule has 2 aromatic rings. The maximum absolute atomic E-state index is 12.7. The molecule has 0 spiro atoms. The number of benzene rings is 1. The van der Waals surface area contributed by atoms with Crippen molar-refractivity contribution in [3.8, 4) is 0 Å². The standard InChI is InChI=1S/C19H27N3O3S2/c1-5-22(6-2)27(24,25)16-10-7-9-15(13-16)19(23)20-14-17(21(3)4)18-11-8-12-26-18/h7-13,17H,5-6,14H2,1-4H3,(H,20,23)/t17-/m0/s1. The molecule has 1 N–H and O–H groups in total. The fourth-order valence-corrected chi connectivity index (χ4v) is 5.25. The Bertz CT molecular complexity index is 845. The Morgan fingerprint density at radius 2 is 1.85 bits per heavy atom. The van der Waals surface area contributed by atoms with Crippen molar-refractivity contribution in [1.82, 2.24) is 14.5 Å². The Morgan fingerprint density at radius 3 is 2.41 bits per heavy atom. The summed E-state index contributed by atoms with van der Waals surface area (Å²) in [5.74, 6) is -0.282. The van der Waals surface area contributed by atoms with E-state index in [0.29, 0.717) is 25.2 Å². The van der Waals surface area contributed by atoms with E-state index in [2.05, 4.69) is 5.32 Å². The smallest absolute Gasteiger partial charge is 0.251 e. The number of hydrogen-bond acceptors (Lipinski definition) is 5. The Hall–Kier alpha value is -1.74. The highest BCUT2D eigenvalue weighted by Crippen LogP contribution is 2.22. The fraction of sp³-hybridized carbons (Fsp3) is 0.421. The lowest BCUT2D eigenvalue weighted by Crippen LogP contribution is -2.34. The molecule has 1 amide bonds. The SMILES string of the molecule is CCN(CC)S(=O)(=O)c1cccc(C(=O)NC[C@@H](c2cccs2)N(C)C)c1. The second-order valence-electron chi connectivity index (χ2n) is 6.32. The van der Waals surface area contributed by atoms with Gasteiger partial charge in [0.2, 0.25) is 10.0 Å². The van der Waals surface area contributed by atoms with Gasteiger partial charge in [-0.1, -0.05) is 26.0 Å². The molecule has 0 aliphatic heterocycles. The van der Waals surface area contributed by atoms with E-state index in [4.69, 9.17) is 0 Å². The molecule has 0 saturated heterocycles. The lowest BCUT2D eigenvalue weighted by Gasteiger charge is -2.23. The van der Waals surface area contributed by atoms with E-state index < -0.39 is 10.0 Å². The first-order chi connectivity index (χ1) is 12.8.